The van der Waals surface area contributed by atoms with Gasteiger partial charge in [0.2, 0.25) is 12.0 Å². The van der Waals surface area contributed by atoms with Gasteiger partial charge in [-0.1, -0.05) is 96.0 Å². The number of aliphatic carboxylic acids is 1. The summed E-state index contributed by atoms with van der Waals surface area (Å²) in [7, 11) is 0. The van der Waals surface area contributed by atoms with E-state index in [1.165, 1.54) is 0 Å². The molecule has 0 saturated carbocycles. The highest BCUT2D eigenvalue weighted by Gasteiger charge is 2.51. The lowest BCUT2D eigenvalue weighted by atomic mass is 9.77. The number of carbonyl (C=O) groups is 2. The molecule has 2 N–H and O–H groups in total. The molecule has 2 atom stereocenters. The first kappa shape index (κ1) is 26.8. The first-order valence-corrected chi connectivity index (χ1v) is 13.2. The summed E-state index contributed by atoms with van der Waals surface area (Å²) >= 11 is 13.0. The number of nitrogens with zero attached hydrogens (tertiary/aromatic N) is 1. The minimum Gasteiger partial charge on any atom is -0.478 e. The van der Waals surface area contributed by atoms with Gasteiger partial charge in [-0.25, -0.2) is 4.79 Å². The van der Waals surface area contributed by atoms with Crippen molar-refractivity contribution >= 4 is 40.8 Å². The first-order chi connectivity index (χ1) is 18.8. The Morgan fingerprint density at radius 3 is 2.28 bits per heavy atom. The molecule has 0 spiro atoms. The maximum absolute atomic E-state index is 13.7. The third-order valence-electron chi connectivity index (χ3n) is 7.00. The molecule has 198 valence electrons. The van der Waals surface area contributed by atoms with Crippen LogP contribution in [-0.2, 0) is 21.7 Å². The van der Waals surface area contributed by atoms with E-state index in [-0.39, 0.29) is 19.0 Å². The minimum absolute atomic E-state index is 0.108. The van der Waals surface area contributed by atoms with Gasteiger partial charge < -0.3 is 14.7 Å². The fraction of sp³-hybridized carbons (Fsp3) is 0.161. The van der Waals surface area contributed by atoms with Crippen LogP contribution in [0.15, 0.2) is 97.1 Å². The second-order valence-corrected chi connectivity index (χ2v) is 10.1. The molecule has 0 bridgehead atoms. The lowest BCUT2D eigenvalue weighted by Crippen LogP contribution is -2.58. The van der Waals surface area contributed by atoms with Crippen LogP contribution < -0.4 is 15.0 Å². The van der Waals surface area contributed by atoms with Crippen molar-refractivity contribution in [3.8, 4) is 5.75 Å². The van der Waals surface area contributed by atoms with Gasteiger partial charge in [-0.05, 0) is 42.3 Å². The predicted molar refractivity (Wildman–Crippen MR) is 153 cm³/mol. The van der Waals surface area contributed by atoms with E-state index in [2.05, 4.69) is 5.32 Å². The zero-order chi connectivity index (χ0) is 27.6. The summed E-state index contributed by atoms with van der Waals surface area (Å²) in [6.45, 7) is 1.81. The smallest absolute Gasteiger partial charge is 0.347 e. The summed E-state index contributed by atoms with van der Waals surface area (Å²) < 4.78 is 6.31. The molecule has 5 rings (SSSR count). The van der Waals surface area contributed by atoms with Gasteiger partial charge in [0, 0.05) is 26.9 Å². The molecule has 4 aromatic carbocycles. The zero-order valence-electron chi connectivity index (χ0n) is 21.1. The summed E-state index contributed by atoms with van der Waals surface area (Å²) in [4.78, 5) is 28.4. The van der Waals surface area contributed by atoms with Crippen molar-refractivity contribution < 1.29 is 19.4 Å². The Labute approximate surface area is 236 Å². The third-order valence-corrected chi connectivity index (χ3v) is 7.71. The predicted octanol–water partition coefficient (Wildman–Crippen LogP) is 6.21. The molecule has 39 heavy (non-hydrogen) atoms. The molecule has 1 amide bonds. The van der Waals surface area contributed by atoms with Gasteiger partial charge in [0.1, 0.15) is 11.3 Å². The highest BCUT2D eigenvalue weighted by molar-refractivity contribution is 6.36. The Hall–Kier alpha value is -3.84. The molecule has 0 aromatic heterocycles. The number of ether oxygens (including phenoxy) is 1. The minimum atomic E-state index is -1.43. The van der Waals surface area contributed by atoms with Crippen LogP contribution in [0, 0.1) is 6.92 Å². The second-order valence-electron chi connectivity index (χ2n) is 9.33. The average Bonchev–Trinajstić information content (AvgIpc) is 3.05. The molecular formula is C31H26Cl2N2O4. The summed E-state index contributed by atoms with van der Waals surface area (Å²) in [5.74, 6) is -1.01. The number of halogens is 2. The van der Waals surface area contributed by atoms with Crippen molar-refractivity contribution in [2.75, 3.05) is 11.4 Å². The number of carboxylic acids is 1. The van der Waals surface area contributed by atoms with Crippen LogP contribution in [-0.4, -0.2) is 29.6 Å². The van der Waals surface area contributed by atoms with E-state index in [1.54, 1.807) is 41.3 Å². The van der Waals surface area contributed by atoms with E-state index in [0.717, 1.165) is 5.56 Å². The van der Waals surface area contributed by atoms with Crippen molar-refractivity contribution in [1.82, 2.24) is 5.32 Å². The van der Waals surface area contributed by atoms with Crippen LogP contribution >= 0.6 is 23.2 Å². The number of amides is 1. The Bertz CT molecular complexity index is 1510. The van der Waals surface area contributed by atoms with E-state index in [4.69, 9.17) is 27.9 Å². The van der Waals surface area contributed by atoms with Crippen molar-refractivity contribution in [3.05, 3.63) is 129 Å². The topological polar surface area (TPSA) is 78.9 Å². The van der Waals surface area contributed by atoms with Crippen LogP contribution in [0.1, 0.15) is 22.3 Å². The third kappa shape index (κ3) is 4.99. The quantitative estimate of drug-likeness (QED) is 0.281. The van der Waals surface area contributed by atoms with Crippen LogP contribution in [0.5, 0.6) is 5.75 Å². The highest BCUT2D eigenvalue weighted by Crippen LogP contribution is 2.43. The number of hydrogen-bond acceptors (Lipinski definition) is 4. The molecule has 0 saturated heterocycles. The molecular weight excluding hydrogens is 535 g/mol. The number of carbonyl (C=O) groups excluding carboxylic acids is 1. The van der Waals surface area contributed by atoms with E-state index in [1.807, 2.05) is 67.6 Å². The van der Waals surface area contributed by atoms with Gasteiger partial charge in [-0.2, -0.15) is 0 Å². The van der Waals surface area contributed by atoms with Gasteiger partial charge in [0.25, 0.3) is 0 Å². The summed E-state index contributed by atoms with van der Waals surface area (Å²) in [5.41, 5.74) is 1.71. The molecule has 4 aromatic rings. The lowest BCUT2D eigenvalue weighted by Gasteiger charge is -2.40. The van der Waals surface area contributed by atoms with Gasteiger partial charge in [0.15, 0.2) is 0 Å². The molecule has 1 aliphatic heterocycles. The van der Waals surface area contributed by atoms with Gasteiger partial charge in [0.05, 0.1) is 13.1 Å². The number of nitrogens with one attached hydrogen (secondary N) is 1. The van der Waals surface area contributed by atoms with E-state index < -0.39 is 17.6 Å². The molecule has 0 aliphatic carbocycles. The lowest BCUT2D eigenvalue weighted by molar-refractivity contribution is -0.149. The van der Waals surface area contributed by atoms with Crippen LogP contribution in [0.4, 0.5) is 5.69 Å². The maximum Gasteiger partial charge on any atom is 0.347 e. The van der Waals surface area contributed by atoms with Crippen molar-refractivity contribution in [2.24, 2.45) is 0 Å². The van der Waals surface area contributed by atoms with Gasteiger partial charge in [-0.3, -0.25) is 10.1 Å². The van der Waals surface area contributed by atoms with Crippen LogP contribution in [0.2, 0.25) is 10.0 Å². The first-order valence-electron chi connectivity index (χ1n) is 12.4. The molecule has 0 radical (unpaired) electrons. The molecule has 0 fully saturated rings. The largest absolute Gasteiger partial charge is 0.478 e. The van der Waals surface area contributed by atoms with Gasteiger partial charge in [-0.15, -0.1) is 0 Å². The maximum atomic E-state index is 13.7. The van der Waals surface area contributed by atoms with E-state index in [9.17, 15) is 14.7 Å². The second kappa shape index (κ2) is 11.1. The van der Waals surface area contributed by atoms with Crippen molar-refractivity contribution in [2.45, 2.75) is 25.1 Å². The Kier molecular flexibility index (Phi) is 7.62. The molecule has 8 heteroatoms. The van der Waals surface area contributed by atoms with Crippen LogP contribution in [0.3, 0.4) is 0 Å². The number of anilines is 1. The number of aryl methyl sites for hydroxylation is 1. The number of benzene rings is 4. The summed E-state index contributed by atoms with van der Waals surface area (Å²) in [6.07, 6.45) is -1.43. The van der Waals surface area contributed by atoms with Gasteiger partial charge >= 0.3 is 5.97 Å². The standard InChI is InChI=1S/C31H26Cl2N2O4/c1-20-10-5-8-17-27(20)39-29(30(37)38)31(21-11-3-2-4-12-21)23-13-6-7-16-26(23)35(28(36)18-34-31)19-22-24(32)14-9-15-25(22)33/h2-17,29,34H,18-19H2,1H3,(H,37,38)/t29?,31-/m0/s1. The monoisotopic (exact) mass is 560 g/mol. The molecule has 6 nitrogen and oxygen atoms in total. The number of fused-ring (bicyclic) bond motifs is 1. The molecule has 1 heterocycles. The fourth-order valence-corrected chi connectivity index (χ4v) is 5.60. The average molecular weight is 561 g/mol. The fourth-order valence-electron chi connectivity index (χ4n) is 5.08. The number of para-hydroxylation sites is 2. The molecule has 1 aliphatic rings. The van der Waals surface area contributed by atoms with E-state index in [0.29, 0.717) is 38.2 Å². The highest BCUT2D eigenvalue weighted by atomic mass is 35.5. The normalized spacial score (nSPS) is 17.7. The summed E-state index contributed by atoms with van der Waals surface area (Å²) in [5, 5.41) is 14.9. The molecule has 1 unspecified atom stereocenters. The summed E-state index contributed by atoms with van der Waals surface area (Å²) in [6, 6.07) is 28.9. The van der Waals surface area contributed by atoms with Crippen molar-refractivity contribution in [1.29, 1.82) is 0 Å². The van der Waals surface area contributed by atoms with Crippen LogP contribution in [0.25, 0.3) is 0 Å². The number of rotatable bonds is 7. The van der Waals surface area contributed by atoms with E-state index >= 15 is 0 Å². The van der Waals surface area contributed by atoms with Crippen molar-refractivity contribution in [3.63, 3.8) is 0 Å². The Balaban J connectivity index is 1.74. The SMILES string of the molecule is Cc1ccccc1OC(C(=O)O)[C@@]1(c2ccccc2)NCC(=O)N(Cc2c(Cl)cccc2Cl)c2ccccc21. The Morgan fingerprint density at radius 2 is 1.59 bits per heavy atom. The Morgan fingerprint density at radius 1 is 0.949 bits per heavy atom. The number of hydrogen-bond donors (Lipinski definition) is 2. The zero-order valence-corrected chi connectivity index (χ0v) is 22.6. The number of carboxylic acid groups (broad SMARTS) is 1.